The third-order valence-electron chi connectivity index (χ3n) is 2.17. The van der Waals surface area contributed by atoms with Gasteiger partial charge in [-0.05, 0) is 25.2 Å². The normalized spacial score (nSPS) is 9.71. The number of likely N-dealkylation sites (N-methyl/N-ethyl adjacent to an activating group) is 1. The van der Waals surface area contributed by atoms with Gasteiger partial charge in [0.2, 0.25) is 0 Å². The smallest absolute Gasteiger partial charge is 0.0717 e. The van der Waals surface area contributed by atoms with Crippen molar-refractivity contribution in [2.45, 2.75) is 20.5 Å². The summed E-state index contributed by atoms with van der Waals surface area (Å²) in [5.41, 5.74) is 2.35. The van der Waals surface area contributed by atoms with Crippen LogP contribution in [0.4, 0.5) is 0 Å². The van der Waals surface area contributed by atoms with Gasteiger partial charge in [0.15, 0.2) is 0 Å². The van der Waals surface area contributed by atoms with Gasteiger partial charge < -0.3 is 9.64 Å². The molecule has 0 aromatic heterocycles. The van der Waals surface area contributed by atoms with Crippen LogP contribution in [0.1, 0.15) is 25.0 Å². The molecular formula is C15H25NO. The molecule has 1 aromatic carbocycles. The Morgan fingerprint density at radius 3 is 2.24 bits per heavy atom. The van der Waals surface area contributed by atoms with Gasteiger partial charge in [0.05, 0.1) is 13.2 Å². The van der Waals surface area contributed by atoms with Crippen LogP contribution in [-0.4, -0.2) is 32.1 Å². The van der Waals surface area contributed by atoms with Crippen LogP contribution >= 0.6 is 0 Å². The van der Waals surface area contributed by atoms with E-state index in [-0.39, 0.29) is 0 Å². The summed E-state index contributed by atoms with van der Waals surface area (Å²) in [6, 6.07) is 8.26. The number of benzene rings is 1. The van der Waals surface area contributed by atoms with Crippen molar-refractivity contribution in [3.8, 4) is 0 Å². The molecule has 17 heavy (non-hydrogen) atoms. The van der Waals surface area contributed by atoms with Gasteiger partial charge in [-0.1, -0.05) is 50.8 Å². The van der Waals surface area contributed by atoms with E-state index in [4.69, 9.17) is 4.74 Å². The monoisotopic (exact) mass is 235 g/mol. The first-order valence-corrected chi connectivity index (χ1v) is 6.16. The minimum Gasteiger partial charge on any atom is -0.375 e. The van der Waals surface area contributed by atoms with Crippen molar-refractivity contribution in [2.75, 3.05) is 27.2 Å². The SMILES string of the molecule is C=Cc1ccc(COCCN(C)C)cc1.CC. The summed E-state index contributed by atoms with van der Waals surface area (Å²) < 4.78 is 5.54. The molecule has 2 heteroatoms. The lowest BCUT2D eigenvalue weighted by Crippen LogP contribution is -2.17. The van der Waals surface area contributed by atoms with E-state index in [1.165, 1.54) is 5.56 Å². The molecule has 0 fully saturated rings. The Labute approximate surface area is 106 Å². The zero-order valence-electron chi connectivity index (χ0n) is 11.6. The molecule has 0 radical (unpaired) electrons. The molecule has 0 N–H and O–H groups in total. The molecule has 0 bridgehead atoms. The van der Waals surface area contributed by atoms with E-state index in [1.54, 1.807) is 0 Å². The van der Waals surface area contributed by atoms with E-state index in [0.29, 0.717) is 6.61 Å². The Kier molecular flexibility index (Phi) is 9.40. The van der Waals surface area contributed by atoms with Crippen molar-refractivity contribution in [3.63, 3.8) is 0 Å². The molecule has 0 amide bonds. The zero-order chi connectivity index (χ0) is 13.1. The highest BCUT2D eigenvalue weighted by molar-refractivity contribution is 5.47. The summed E-state index contributed by atoms with van der Waals surface area (Å²) in [6.45, 7) is 10.1. The quantitative estimate of drug-likeness (QED) is 0.700. The summed E-state index contributed by atoms with van der Waals surface area (Å²) in [4.78, 5) is 2.11. The van der Waals surface area contributed by atoms with Crippen molar-refractivity contribution in [3.05, 3.63) is 42.0 Å². The molecule has 0 saturated heterocycles. The number of nitrogens with zero attached hydrogens (tertiary/aromatic N) is 1. The van der Waals surface area contributed by atoms with Gasteiger partial charge in [0.25, 0.3) is 0 Å². The standard InChI is InChI=1S/C13H19NO.C2H6/c1-4-12-5-7-13(8-6-12)11-15-10-9-14(2)3;1-2/h4-8H,1,9-11H2,2-3H3;1-2H3. The molecule has 0 aliphatic rings. The van der Waals surface area contributed by atoms with Crippen LogP contribution < -0.4 is 0 Å². The molecule has 1 aromatic rings. The van der Waals surface area contributed by atoms with Crippen LogP contribution in [0.2, 0.25) is 0 Å². The summed E-state index contributed by atoms with van der Waals surface area (Å²) in [7, 11) is 4.09. The van der Waals surface area contributed by atoms with Gasteiger partial charge in [0.1, 0.15) is 0 Å². The minimum absolute atomic E-state index is 0.686. The first-order valence-electron chi connectivity index (χ1n) is 6.16. The molecule has 0 aliphatic heterocycles. The molecule has 0 saturated carbocycles. The summed E-state index contributed by atoms with van der Waals surface area (Å²) in [5.74, 6) is 0. The first kappa shape index (κ1) is 15.9. The van der Waals surface area contributed by atoms with Gasteiger partial charge in [0, 0.05) is 6.54 Å². The third kappa shape index (κ3) is 7.72. The van der Waals surface area contributed by atoms with Gasteiger partial charge in [-0.25, -0.2) is 0 Å². The fraction of sp³-hybridized carbons (Fsp3) is 0.467. The molecule has 0 heterocycles. The third-order valence-corrected chi connectivity index (χ3v) is 2.17. The van der Waals surface area contributed by atoms with E-state index < -0.39 is 0 Å². The van der Waals surface area contributed by atoms with E-state index >= 15 is 0 Å². The van der Waals surface area contributed by atoms with Gasteiger partial charge in [-0.15, -0.1) is 0 Å². The fourth-order valence-electron chi connectivity index (χ4n) is 1.19. The number of hydrogen-bond donors (Lipinski definition) is 0. The molecule has 0 spiro atoms. The lowest BCUT2D eigenvalue weighted by molar-refractivity contribution is 0.105. The van der Waals surface area contributed by atoms with Crippen LogP contribution in [0.3, 0.4) is 0 Å². The second kappa shape index (κ2) is 10.1. The average Bonchev–Trinajstić information content (AvgIpc) is 2.37. The van der Waals surface area contributed by atoms with Crippen LogP contribution in [0.25, 0.3) is 6.08 Å². The fourth-order valence-corrected chi connectivity index (χ4v) is 1.19. The maximum Gasteiger partial charge on any atom is 0.0717 e. The predicted octanol–water partition coefficient (Wildman–Crippen LogP) is 3.43. The van der Waals surface area contributed by atoms with Crippen molar-refractivity contribution < 1.29 is 4.74 Å². The van der Waals surface area contributed by atoms with Crippen LogP contribution in [0.15, 0.2) is 30.8 Å². The minimum atomic E-state index is 0.686. The van der Waals surface area contributed by atoms with Gasteiger partial charge in [-0.3, -0.25) is 0 Å². The average molecular weight is 235 g/mol. The molecular weight excluding hydrogens is 210 g/mol. The Hall–Kier alpha value is -1.12. The van der Waals surface area contributed by atoms with Crippen molar-refractivity contribution >= 4 is 6.08 Å². The maximum absolute atomic E-state index is 5.54. The van der Waals surface area contributed by atoms with Crippen molar-refractivity contribution in [1.29, 1.82) is 0 Å². The number of rotatable bonds is 6. The molecule has 1 rings (SSSR count). The molecule has 0 atom stereocenters. The Morgan fingerprint density at radius 2 is 1.76 bits per heavy atom. The summed E-state index contributed by atoms with van der Waals surface area (Å²) in [6.07, 6.45) is 1.84. The molecule has 2 nitrogen and oxygen atoms in total. The van der Waals surface area contributed by atoms with Gasteiger partial charge in [-0.2, -0.15) is 0 Å². The predicted molar refractivity (Wildman–Crippen MR) is 76.1 cm³/mol. The molecule has 96 valence electrons. The Balaban J connectivity index is 0.00000121. The van der Waals surface area contributed by atoms with E-state index in [1.807, 2.05) is 34.0 Å². The van der Waals surface area contributed by atoms with Crippen molar-refractivity contribution in [2.24, 2.45) is 0 Å². The van der Waals surface area contributed by atoms with Crippen LogP contribution in [0, 0.1) is 0 Å². The second-order valence-electron chi connectivity index (χ2n) is 3.80. The molecule has 0 unspecified atom stereocenters. The Morgan fingerprint density at radius 1 is 1.18 bits per heavy atom. The van der Waals surface area contributed by atoms with E-state index in [9.17, 15) is 0 Å². The van der Waals surface area contributed by atoms with Crippen molar-refractivity contribution in [1.82, 2.24) is 4.90 Å². The second-order valence-corrected chi connectivity index (χ2v) is 3.80. The lowest BCUT2D eigenvalue weighted by Gasteiger charge is -2.09. The number of ether oxygens (including phenoxy) is 1. The number of hydrogen-bond acceptors (Lipinski definition) is 2. The summed E-state index contributed by atoms with van der Waals surface area (Å²) >= 11 is 0. The van der Waals surface area contributed by atoms with E-state index in [2.05, 4.69) is 35.7 Å². The summed E-state index contributed by atoms with van der Waals surface area (Å²) in [5, 5.41) is 0. The topological polar surface area (TPSA) is 12.5 Å². The largest absolute Gasteiger partial charge is 0.375 e. The van der Waals surface area contributed by atoms with Crippen LogP contribution in [0.5, 0.6) is 0 Å². The maximum atomic E-state index is 5.54. The van der Waals surface area contributed by atoms with E-state index in [0.717, 1.165) is 18.7 Å². The first-order chi connectivity index (χ1) is 8.22. The highest BCUT2D eigenvalue weighted by Gasteiger charge is 1.94. The highest BCUT2D eigenvalue weighted by Crippen LogP contribution is 2.06. The van der Waals surface area contributed by atoms with Crippen LogP contribution in [-0.2, 0) is 11.3 Å². The lowest BCUT2D eigenvalue weighted by atomic mass is 10.1. The van der Waals surface area contributed by atoms with Gasteiger partial charge >= 0.3 is 0 Å². The highest BCUT2D eigenvalue weighted by atomic mass is 16.5. The zero-order valence-corrected chi connectivity index (χ0v) is 11.6. The molecule has 0 aliphatic carbocycles. The Bertz CT molecular complexity index is 290.